The maximum Gasteiger partial charge on any atom is 0.469 e. The molecule has 0 aromatic rings. The number of hydrogen-bond acceptors (Lipinski definition) is 4. The second-order valence-electron chi connectivity index (χ2n) is 15.0. The van der Waals surface area contributed by atoms with E-state index in [0.29, 0.717) is 6.42 Å². The maximum absolute atomic E-state index is 12.5. The van der Waals surface area contributed by atoms with E-state index in [1.165, 1.54) is 173 Å². The first kappa shape index (κ1) is 49.3. The van der Waals surface area contributed by atoms with E-state index in [2.05, 4.69) is 23.7 Å². The van der Waals surface area contributed by atoms with Crippen LogP contribution in [0.1, 0.15) is 232 Å². The first-order valence-electron chi connectivity index (χ1n) is 21.6. The second-order valence-corrected chi connectivity index (χ2v) is 16.3. The summed E-state index contributed by atoms with van der Waals surface area (Å²) in [5, 5.41) is 13.3. The van der Waals surface area contributed by atoms with Crippen LogP contribution in [-0.2, 0) is 13.9 Å². The topological polar surface area (TPSA) is 116 Å². The van der Waals surface area contributed by atoms with E-state index in [-0.39, 0.29) is 5.91 Å². The fourth-order valence-electron chi connectivity index (χ4n) is 6.70. The van der Waals surface area contributed by atoms with Gasteiger partial charge in [-0.1, -0.05) is 219 Å². The van der Waals surface area contributed by atoms with Crippen molar-refractivity contribution in [2.24, 2.45) is 0 Å². The van der Waals surface area contributed by atoms with Crippen LogP contribution in [0.3, 0.4) is 0 Å². The molecule has 0 heterocycles. The zero-order valence-electron chi connectivity index (χ0n) is 33.1. The molecule has 0 aromatic heterocycles. The average molecular weight is 730 g/mol. The van der Waals surface area contributed by atoms with Gasteiger partial charge in [-0.25, -0.2) is 4.57 Å². The number of carbonyl (C=O) groups excluding carboxylic acids is 1. The fraction of sp³-hybridized carbons (Fsp3) is 0.929. The molecule has 7 nitrogen and oxygen atoms in total. The van der Waals surface area contributed by atoms with Crippen LogP contribution < -0.4 is 5.32 Å². The lowest BCUT2D eigenvalue weighted by Crippen LogP contribution is -2.45. The van der Waals surface area contributed by atoms with Crippen LogP contribution in [0.5, 0.6) is 0 Å². The lowest BCUT2D eigenvalue weighted by molar-refractivity contribution is -0.123. The Hall–Kier alpha value is -0.720. The number of phosphoric ester groups is 1. The smallest absolute Gasteiger partial charge is 0.387 e. The minimum absolute atomic E-state index is 0.224. The Kier molecular flexibility index (Phi) is 37.5. The van der Waals surface area contributed by atoms with Gasteiger partial charge in [-0.15, -0.1) is 0 Å². The molecule has 298 valence electrons. The number of aliphatic hydroxyl groups is 1. The standard InChI is InChI=1S/C42H84NO6P/c1-3-5-7-9-11-13-14-15-16-17-18-19-20-21-22-23-24-25-26-27-28-30-32-34-36-38-42(45)43-40(39-49-50(46,47)48)41(44)37-35-33-31-29-12-10-8-6-4-2/h35,37,40-41,44H,3-34,36,38-39H2,1-2H3,(H,43,45)(H2,46,47,48)/b37-35+/t40-,41+/m0/s1. The van der Waals surface area contributed by atoms with Crippen LogP contribution in [-0.4, -0.2) is 39.6 Å². The molecule has 0 bridgehead atoms. The number of nitrogens with one attached hydrogen (secondary N) is 1. The third kappa shape index (κ3) is 38.5. The number of phosphoric acid groups is 1. The average Bonchev–Trinajstić information content (AvgIpc) is 3.08. The predicted octanol–water partition coefficient (Wildman–Crippen LogP) is 12.8. The number of hydrogen-bond donors (Lipinski definition) is 4. The zero-order chi connectivity index (χ0) is 36.8. The second kappa shape index (κ2) is 38.0. The number of rotatable bonds is 40. The van der Waals surface area contributed by atoms with E-state index in [1.54, 1.807) is 6.08 Å². The molecule has 8 heteroatoms. The summed E-state index contributed by atoms with van der Waals surface area (Å²) >= 11 is 0. The minimum atomic E-state index is -4.70. The van der Waals surface area contributed by atoms with Crippen LogP contribution in [0.2, 0.25) is 0 Å². The molecule has 0 unspecified atom stereocenters. The largest absolute Gasteiger partial charge is 0.469 e. The van der Waals surface area contributed by atoms with Gasteiger partial charge >= 0.3 is 7.82 Å². The van der Waals surface area contributed by atoms with Gasteiger partial charge < -0.3 is 20.2 Å². The maximum atomic E-state index is 12.5. The third-order valence-corrected chi connectivity index (χ3v) is 10.5. The van der Waals surface area contributed by atoms with Crippen molar-refractivity contribution >= 4 is 13.7 Å². The molecular formula is C42H84NO6P. The molecule has 0 rings (SSSR count). The Morgan fingerprint density at radius 3 is 1.22 bits per heavy atom. The molecule has 0 saturated heterocycles. The van der Waals surface area contributed by atoms with Crippen molar-refractivity contribution in [1.29, 1.82) is 0 Å². The summed E-state index contributed by atoms with van der Waals surface area (Å²) in [6, 6.07) is -0.903. The molecule has 0 aliphatic heterocycles. The number of amides is 1. The summed E-state index contributed by atoms with van der Waals surface area (Å²) in [6.07, 6.45) is 45.5. The van der Waals surface area contributed by atoms with Crippen LogP contribution >= 0.6 is 7.82 Å². The van der Waals surface area contributed by atoms with Gasteiger partial charge in [-0.05, 0) is 19.3 Å². The molecule has 0 fully saturated rings. The molecule has 1 amide bonds. The number of carbonyl (C=O) groups is 1. The molecule has 0 aromatic carbocycles. The first-order valence-corrected chi connectivity index (χ1v) is 23.2. The van der Waals surface area contributed by atoms with E-state index in [9.17, 15) is 14.5 Å². The van der Waals surface area contributed by atoms with Crippen molar-refractivity contribution in [3.8, 4) is 0 Å². The fourth-order valence-corrected chi connectivity index (χ4v) is 7.05. The van der Waals surface area contributed by atoms with Gasteiger partial charge in [0.15, 0.2) is 0 Å². The predicted molar refractivity (Wildman–Crippen MR) is 213 cm³/mol. The van der Waals surface area contributed by atoms with E-state index in [1.807, 2.05) is 6.08 Å². The van der Waals surface area contributed by atoms with Crippen LogP contribution in [0.25, 0.3) is 0 Å². The van der Waals surface area contributed by atoms with Crippen molar-refractivity contribution in [3.63, 3.8) is 0 Å². The van der Waals surface area contributed by atoms with E-state index in [4.69, 9.17) is 9.79 Å². The zero-order valence-corrected chi connectivity index (χ0v) is 34.0. The molecule has 0 aliphatic carbocycles. The van der Waals surface area contributed by atoms with Gasteiger partial charge in [0.1, 0.15) is 0 Å². The lowest BCUT2D eigenvalue weighted by atomic mass is 10.0. The molecule has 4 N–H and O–H groups in total. The quantitative estimate of drug-likeness (QED) is 0.0283. The summed E-state index contributed by atoms with van der Waals surface area (Å²) in [5.41, 5.74) is 0. The minimum Gasteiger partial charge on any atom is -0.387 e. The molecule has 0 aliphatic rings. The lowest BCUT2D eigenvalue weighted by Gasteiger charge is -2.22. The Labute approximate surface area is 310 Å². The normalized spacial score (nSPS) is 13.3. The van der Waals surface area contributed by atoms with Crippen molar-refractivity contribution in [3.05, 3.63) is 12.2 Å². The van der Waals surface area contributed by atoms with Gasteiger partial charge in [0.25, 0.3) is 0 Å². The van der Waals surface area contributed by atoms with Gasteiger partial charge in [-0.3, -0.25) is 9.32 Å². The van der Waals surface area contributed by atoms with Gasteiger partial charge in [0.05, 0.1) is 18.8 Å². The highest BCUT2D eigenvalue weighted by molar-refractivity contribution is 7.46. The van der Waals surface area contributed by atoms with Crippen LogP contribution in [0.15, 0.2) is 12.2 Å². The van der Waals surface area contributed by atoms with Crippen molar-refractivity contribution < 1.29 is 28.8 Å². The third-order valence-electron chi connectivity index (χ3n) is 10.00. The number of allylic oxidation sites excluding steroid dienone is 1. The number of unbranched alkanes of at least 4 members (excludes halogenated alkanes) is 31. The van der Waals surface area contributed by atoms with Crippen LogP contribution in [0, 0.1) is 0 Å². The molecule has 0 radical (unpaired) electrons. The monoisotopic (exact) mass is 730 g/mol. The van der Waals surface area contributed by atoms with Crippen LogP contribution in [0.4, 0.5) is 0 Å². The number of aliphatic hydroxyl groups excluding tert-OH is 1. The molecular weight excluding hydrogens is 645 g/mol. The van der Waals surface area contributed by atoms with Crippen molar-refractivity contribution in [2.45, 2.75) is 244 Å². The summed E-state index contributed by atoms with van der Waals surface area (Å²) in [7, 11) is -4.70. The summed E-state index contributed by atoms with van der Waals surface area (Å²) in [6.45, 7) is 4.05. The molecule has 0 spiro atoms. The summed E-state index contributed by atoms with van der Waals surface area (Å²) in [5.74, 6) is -0.224. The van der Waals surface area contributed by atoms with Gasteiger partial charge in [0.2, 0.25) is 5.91 Å². The highest BCUT2D eigenvalue weighted by Gasteiger charge is 2.24. The van der Waals surface area contributed by atoms with Crippen molar-refractivity contribution in [2.75, 3.05) is 6.61 Å². The Bertz CT molecular complexity index is 788. The summed E-state index contributed by atoms with van der Waals surface area (Å²) < 4.78 is 15.8. The Morgan fingerprint density at radius 2 is 0.880 bits per heavy atom. The highest BCUT2D eigenvalue weighted by Crippen LogP contribution is 2.35. The van der Waals surface area contributed by atoms with Crippen molar-refractivity contribution in [1.82, 2.24) is 5.32 Å². The van der Waals surface area contributed by atoms with Gasteiger partial charge in [-0.2, -0.15) is 0 Å². The van der Waals surface area contributed by atoms with E-state index >= 15 is 0 Å². The van der Waals surface area contributed by atoms with E-state index in [0.717, 1.165) is 38.5 Å². The SMILES string of the molecule is CCCCCCCCC/C=C/[C@@H](O)[C@H](COP(=O)(O)O)NC(=O)CCCCCCCCCCCCCCCCCCCCCCCCCCC. The molecule has 50 heavy (non-hydrogen) atoms. The molecule has 0 saturated carbocycles. The van der Waals surface area contributed by atoms with Gasteiger partial charge in [0, 0.05) is 6.42 Å². The first-order chi connectivity index (χ1) is 24.3. The molecule has 2 atom stereocenters. The Balaban J connectivity index is 3.73. The summed E-state index contributed by atoms with van der Waals surface area (Å²) in [4.78, 5) is 30.8. The Morgan fingerprint density at radius 1 is 0.560 bits per heavy atom. The highest BCUT2D eigenvalue weighted by atomic mass is 31.2. The van der Waals surface area contributed by atoms with E-state index < -0.39 is 26.6 Å².